The highest BCUT2D eigenvalue weighted by Crippen LogP contribution is 2.35. The van der Waals surface area contributed by atoms with E-state index in [4.69, 9.17) is 16.7 Å². The molecular formula is C23H16ClF2N5O2S. The van der Waals surface area contributed by atoms with E-state index in [1.165, 1.54) is 23.6 Å². The molecule has 3 heterocycles. The van der Waals surface area contributed by atoms with Crippen LogP contribution in [-0.2, 0) is 0 Å². The predicted octanol–water partition coefficient (Wildman–Crippen LogP) is 4.75. The smallest absolute Gasteiger partial charge is 0.355 e. The molecule has 0 radical (unpaired) electrons. The summed E-state index contributed by atoms with van der Waals surface area (Å²) in [5.74, 6) is -2.55. The summed E-state index contributed by atoms with van der Waals surface area (Å²) in [6, 6.07) is 8.81. The maximum absolute atomic E-state index is 14.7. The van der Waals surface area contributed by atoms with Gasteiger partial charge in [0.05, 0.1) is 23.5 Å². The van der Waals surface area contributed by atoms with Crippen LogP contribution in [0.4, 0.5) is 13.9 Å². The van der Waals surface area contributed by atoms with Crippen LogP contribution in [0, 0.1) is 11.6 Å². The molecule has 2 N–H and O–H groups in total. The van der Waals surface area contributed by atoms with E-state index in [9.17, 15) is 13.6 Å². The van der Waals surface area contributed by atoms with Crippen molar-refractivity contribution in [2.45, 2.75) is 6.29 Å². The van der Waals surface area contributed by atoms with E-state index in [0.717, 1.165) is 22.6 Å². The molecule has 1 atom stereocenters. The molecule has 34 heavy (non-hydrogen) atoms. The van der Waals surface area contributed by atoms with Crippen molar-refractivity contribution >= 4 is 51.7 Å². The molecule has 5 rings (SSSR count). The summed E-state index contributed by atoms with van der Waals surface area (Å²) in [4.78, 5) is 26.1. The molecule has 2 aliphatic heterocycles. The zero-order valence-corrected chi connectivity index (χ0v) is 19.2. The highest BCUT2D eigenvalue weighted by atomic mass is 35.5. The van der Waals surface area contributed by atoms with Gasteiger partial charge in [0.15, 0.2) is 17.1 Å². The summed E-state index contributed by atoms with van der Waals surface area (Å²) in [5.41, 5.74) is 2.57. The molecule has 0 bridgehead atoms. The third-order valence-corrected chi connectivity index (χ3v) is 6.48. The fourth-order valence-corrected chi connectivity index (χ4v) is 4.81. The predicted molar refractivity (Wildman–Crippen MR) is 128 cm³/mol. The van der Waals surface area contributed by atoms with E-state index in [2.05, 4.69) is 20.3 Å². The van der Waals surface area contributed by atoms with Gasteiger partial charge in [-0.25, -0.2) is 23.6 Å². The first-order chi connectivity index (χ1) is 16.3. The van der Waals surface area contributed by atoms with Crippen molar-refractivity contribution in [2.24, 2.45) is 9.98 Å². The third kappa shape index (κ3) is 3.84. The van der Waals surface area contributed by atoms with E-state index < -0.39 is 23.9 Å². The Morgan fingerprint density at radius 3 is 2.71 bits per heavy atom. The molecule has 7 nitrogen and oxygen atoms in total. The van der Waals surface area contributed by atoms with Gasteiger partial charge in [0.2, 0.25) is 0 Å². The van der Waals surface area contributed by atoms with Crippen molar-refractivity contribution in [3.05, 3.63) is 86.4 Å². The van der Waals surface area contributed by atoms with Crippen molar-refractivity contribution in [1.82, 2.24) is 9.88 Å². The minimum atomic E-state index is -1.12. The quantitative estimate of drug-likeness (QED) is 0.541. The van der Waals surface area contributed by atoms with E-state index in [-0.39, 0.29) is 23.5 Å². The largest absolute Gasteiger partial charge is 0.476 e. The molecule has 2 aromatic carbocycles. The second-order valence-electron chi connectivity index (χ2n) is 7.58. The van der Waals surface area contributed by atoms with Crippen molar-refractivity contribution in [3.8, 4) is 0 Å². The van der Waals surface area contributed by atoms with Crippen LogP contribution in [0.3, 0.4) is 0 Å². The second kappa shape index (κ2) is 8.62. The Morgan fingerprint density at radius 2 is 2.00 bits per heavy atom. The maximum Gasteiger partial charge on any atom is 0.355 e. The number of rotatable bonds is 4. The van der Waals surface area contributed by atoms with E-state index in [1.54, 1.807) is 24.4 Å². The van der Waals surface area contributed by atoms with Gasteiger partial charge in [-0.05, 0) is 24.3 Å². The van der Waals surface area contributed by atoms with Crippen LogP contribution in [-0.4, -0.2) is 52.8 Å². The van der Waals surface area contributed by atoms with Crippen LogP contribution in [0.25, 0.3) is 5.70 Å². The van der Waals surface area contributed by atoms with Crippen LogP contribution in [0.1, 0.15) is 27.2 Å². The fraction of sp³-hybridized carbons (Fsp3) is 0.130. The monoisotopic (exact) mass is 499 g/mol. The third-order valence-electron chi connectivity index (χ3n) is 5.47. The van der Waals surface area contributed by atoms with Gasteiger partial charge in [0, 0.05) is 40.4 Å². The summed E-state index contributed by atoms with van der Waals surface area (Å²) in [6.07, 6.45) is 1.06. The number of benzene rings is 2. The lowest BCUT2D eigenvalue weighted by Crippen LogP contribution is -2.39. The van der Waals surface area contributed by atoms with E-state index in [0.29, 0.717) is 21.3 Å². The lowest BCUT2D eigenvalue weighted by Gasteiger charge is -2.34. The summed E-state index contributed by atoms with van der Waals surface area (Å²) in [5, 5.41) is 14.5. The number of hydrogen-bond acceptors (Lipinski definition) is 7. The summed E-state index contributed by atoms with van der Waals surface area (Å²) >= 11 is 7.42. The highest BCUT2D eigenvalue weighted by molar-refractivity contribution is 7.13. The average molecular weight is 500 g/mol. The van der Waals surface area contributed by atoms with Gasteiger partial charge in [0.25, 0.3) is 0 Å². The molecule has 0 fully saturated rings. The molecule has 3 aromatic rings. The molecule has 172 valence electrons. The Bertz CT molecular complexity index is 1400. The van der Waals surface area contributed by atoms with E-state index >= 15 is 0 Å². The fourth-order valence-electron chi connectivity index (χ4n) is 3.94. The van der Waals surface area contributed by atoms with Crippen molar-refractivity contribution < 1.29 is 18.7 Å². The van der Waals surface area contributed by atoms with E-state index in [1.807, 2.05) is 11.9 Å². The molecular weight excluding hydrogens is 484 g/mol. The number of halogens is 3. The van der Waals surface area contributed by atoms with Gasteiger partial charge in [-0.2, -0.15) is 0 Å². The van der Waals surface area contributed by atoms with Gasteiger partial charge in [-0.15, -0.1) is 11.3 Å². The molecule has 11 heteroatoms. The molecule has 0 saturated heterocycles. The average Bonchev–Trinajstić information content (AvgIpc) is 3.21. The topological polar surface area (TPSA) is 90.2 Å². The number of carbonyl (C=O) groups is 1. The summed E-state index contributed by atoms with van der Waals surface area (Å²) < 4.78 is 29.4. The molecule has 1 unspecified atom stereocenters. The lowest BCUT2D eigenvalue weighted by molar-refractivity contribution is 0.0691. The second-order valence-corrected chi connectivity index (χ2v) is 8.87. The van der Waals surface area contributed by atoms with Crippen LogP contribution in [0.2, 0.25) is 5.02 Å². The lowest BCUT2D eigenvalue weighted by atomic mass is 9.94. The normalized spacial score (nSPS) is 17.1. The number of carboxylic acid groups (broad SMARTS) is 1. The number of aromatic carboxylic acids is 1. The van der Waals surface area contributed by atoms with Crippen LogP contribution >= 0.6 is 22.9 Å². The number of hydrogen-bond donors (Lipinski definition) is 2. The first-order valence-electron chi connectivity index (χ1n) is 10.1. The van der Waals surface area contributed by atoms with Crippen LogP contribution in [0.5, 0.6) is 0 Å². The standard InChI is InChI=1S/C23H16ClF2N5O2S/c1-31-20-11(9-28-22(31)30-23-29-17(10-34-23)21(32)33)8-27-19(14-7-12(24)5-6-13(14)20)18-15(25)3-2-4-16(18)26/h2-7,9-10,22H,8H2,1H3,(H,29,30)(H,32,33). The zero-order chi connectivity index (χ0) is 24.0. The molecule has 0 saturated carbocycles. The van der Waals surface area contributed by atoms with Crippen LogP contribution in [0.15, 0.2) is 57.3 Å². The van der Waals surface area contributed by atoms with Crippen LogP contribution < -0.4 is 5.32 Å². The molecule has 2 aliphatic rings. The number of thiazole rings is 1. The highest BCUT2D eigenvalue weighted by Gasteiger charge is 2.31. The Kier molecular flexibility index (Phi) is 5.62. The molecule has 0 amide bonds. The van der Waals surface area contributed by atoms with Gasteiger partial charge in [0.1, 0.15) is 11.6 Å². The van der Waals surface area contributed by atoms with Gasteiger partial charge < -0.3 is 15.3 Å². The summed E-state index contributed by atoms with van der Waals surface area (Å²) in [7, 11) is 1.81. The van der Waals surface area contributed by atoms with Crippen molar-refractivity contribution in [3.63, 3.8) is 0 Å². The molecule has 1 aromatic heterocycles. The Balaban J connectivity index is 1.57. The number of aromatic nitrogens is 1. The van der Waals surface area contributed by atoms with Gasteiger partial charge in [-0.3, -0.25) is 4.99 Å². The summed E-state index contributed by atoms with van der Waals surface area (Å²) in [6.45, 7) is 0.145. The Morgan fingerprint density at radius 1 is 1.24 bits per heavy atom. The minimum Gasteiger partial charge on any atom is -0.476 e. The number of carboxylic acids is 1. The molecule has 0 aliphatic carbocycles. The van der Waals surface area contributed by atoms with Crippen molar-refractivity contribution in [1.29, 1.82) is 0 Å². The number of aliphatic imine (C=N–C) groups is 2. The number of nitrogens with one attached hydrogen (secondary N) is 1. The number of fused-ring (bicyclic) bond motifs is 2. The first-order valence-corrected chi connectivity index (χ1v) is 11.3. The molecule has 0 spiro atoms. The van der Waals surface area contributed by atoms with Gasteiger partial charge >= 0.3 is 5.97 Å². The van der Waals surface area contributed by atoms with Crippen molar-refractivity contribution in [2.75, 3.05) is 18.9 Å². The Hall–Kier alpha value is -3.63. The maximum atomic E-state index is 14.7. The number of nitrogens with zero attached hydrogens (tertiary/aromatic N) is 4. The SMILES string of the molecule is CN1C2=C(C=NC1Nc1nc(C(=O)O)cs1)CN=C(c1c(F)cccc1F)c1cc(Cl)ccc12. The zero-order valence-electron chi connectivity index (χ0n) is 17.6. The number of anilines is 1. The first kappa shape index (κ1) is 22.2. The minimum absolute atomic E-state index is 0.0609. The Labute approximate surface area is 201 Å². The van der Waals surface area contributed by atoms with Gasteiger partial charge in [-0.1, -0.05) is 23.7 Å².